The molecule has 0 radical (unpaired) electrons. The van der Waals surface area contributed by atoms with Crippen LogP contribution >= 0.6 is 7.82 Å². The molecule has 556 valence electrons. The number of ether oxygens (including phenoxy) is 2. The third-order valence-corrected chi connectivity index (χ3v) is 20.1. The predicted octanol–water partition coefficient (Wildman–Crippen LogP) is 27.1. The standard InChI is InChI=1S/C84H162NO8P/c1-6-8-10-12-14-16-18-20-22-24-26-28-30-32-34-36-38-39-40-41-42-43-44-45-47-49-51-53-55-57-59-61-63-65-67-69-71-73-75-77-84(87)93-82(81-92-94(88,89)91-79-78-85(3,4)5)80-90-83(86)76-74-72-70-68-66-64-62-60-58-56-54-52-50-48-46-37-35-33-31-29-27-25-23-21-19-17-15-13-11-9-7-2/h18,20,24-27,82H,6-17,19,21-23,28-81H2,1-5H3/b20-18-,26-24-,27-25-. The zero-order valence-corrected chi connectivity index (χ0v) is 64.6. The lowest BCUT2D eigenvalue weighted by Gasteiger charge is -2.28. The first-order chi connectivity index (χ1) is 46.0. The first kappa shape index (κ1) is 92.2. The minimum atomic E-state index is -4.64. The van der Waals surface area contributed by atoms with Gasteiger partial charge in [0.2, 0.25) is 0 Å². The van der Waals surface area contributed by atoms with Gasteiger partial charge in [-0.1, -0.05) is 391 Å². The van der Waals surface area contributed by atoms with Crippen LogP contribution in [0.3, 0.4) is 0 Å². The molecule has 10 heteroatoms. The number of phosphoric ester groups is 1. The second-order valence-electron chi connectivity index (χ2n) is 29.8. The summed E-state index contributed by atoms with van der Waals surface area (Å²) in [6, 6.07) is 0. The first-order valence-electron chi connectivity index (χ1n) is 41.7. The van der Waals surface area contributed by atoms with Crippen LogP contribution in [0.15, 0.2) is 36.5 Å². The molecule has 2 unspecified atom stereocenters. The Hall–Kier alpha value is -1.77. The van der Waals surface area contributed by atoms with E-state index < -0.39 is 26.5 Å². The highest BCUT2D eigenvalue weighted by Gasteiger charge is 2.22. The molecular weight excluding hydrogens is 1180 g/mol. The molecule has 0 aromatic carbocycles. The van der Waals surface area contributed by atoms with Crippen LogP contribution in [0, 0.1) is 0 Å². The van der Waals surface area contributed by atoms with E-state index in [0.717, 1.165) is 38.5 Å². The van der Waals surface area contributed by atoms with Crippen LogP contribution in [-0.2, 0) is 32.7 Å². The van der Waals surface area contributed by atoms with Crippen LogP contribution in [0.5, 0.6) is 0 Å². The van der Waals surface area contributed by atoms with Crippen molar-refractivity contribution in [3.05, 3.63) is 36.5 Å². The van der Waals surface area contributed by atoms with Gasteiger partial charge in [0.15, 0.2) is 6.10 Å². The van der Waals surface area contributed by atoms with Crippen LogP contribution in [0.2, 0.25) is 0 Å². The Kier molecular flexibility index (Phi) is 74.0. The average molecular weight is 1350 g/mol. The van der Waals surface area contributed by atoms with Crippen molar-refractivity contribution in [2.75, 3.05) is 47.5 Å². The number of rotatable bonds is 79. The number of allylic oxidation sites excluding steroid dienone is 6. The second kappa shape index (κ2) is 75.4. The van der Waals surface area contributed by atoms with Crippen LogP contribution in [0.25, 0.3) is 0 Å². The quantitative estimate of drug-likeness (QED) is 0.0195. The maximum atomic E-state index is 12.9. The largest absolute Gasteiger partial charge is 0.756 e. The molecule has 0 bridgehead atoms. The van der Waals surface area contributed by atoms with Crippen LogP contribution < -0.4 is 4.89 Å². The molecule has 0 aliphatic rings. The minimum Gasteiger partial charge on any atom is -0.756 e. The maximum Gasteiger partial charge on any atom is 0.306 e. The fraction of sp³-hybridized carbons (Fsp3) is 0.905. The fourth-order valence-corrected chi connectivity index (χ4v) is 13.5. The van der Waals surface area contributed by atoms with Gasteiger partial charge in [0.25, 0.3) is 7.82 Å². The zero-order valence-electron chi connectivity index (χ0n) is 63.7. The van der Waals surface area contributed by atoms with Crippen molar-refractivity contribution in [3.8, 4) is 0 Å². The van der Waals surface area contributed by atoms with E-state index >= 15 is 0 Å². The third-order valence-electron chi connectivity index (χ3n) is 19.1. The lowest BCUT2D eigenvalue weighted by Crippen LogP contribution is -2.37. The number of hydrogen-bond donors (Lipinski definition) is 0. The fourth-order valence-electron chi connectivity index (χ4n) is 12.7. The van der Waals surface area contributed by atoms with Crippen molar-refractivity contribution in [3.63, 3.8) is 0 Å². The molecule has 0 aromatic rings. The minimum absolute atomic E-state index is 0.0268. The van der Waals surface area contributed by atoms with Crippen molar-refractivity contribution >= 4 is 19.8 Å². The van der Waals surface area contributed by atoms with Gasteiger partial charge in [0, 0.05) is 12.8 Å². The number of unbranched alkanes of at least 4 members (excludes halogenated alkanes) is 59. The normalized spacial score (nSPS) is 13.1. The van der Waals surface area contributed by atoms with Gasteiger partial charge in [-0.2, -0.15) is 0 Å². The summed E-state index contributed by atoms with van der Waals surface area (Å²) >= 11 is 0. The number of esters is 2. The summed E-state index contributed by atoms with van der Waals surface area (Å²) in [5, 5.41) is 0. The van der Waals surface area contributed by atoms with Crippen molar-refractivity contribution in [2.24, 2.45) is 0 Å². The second-order valence-corrected chi connectivity index (χ2v) is 31.3. The molecule has 0 aliphatic carbocycles. The highest BCUT2D eigenvalue weighted by atomic mass is 31.2. The Morgan fingerprint density at radius 1 is 0.330 bits per heavy atom. The van der Waals surface area contributed by atoms with Gasteiger partial charge in [0.05, 0.1) is 27.7 Å². The Balaban J connectivity index is 3.87. The van der Waals surface area contributed by atoms with E-state index in [0.29, 0.717) is 17.4 Å². The van der Waals surface area contributed by atoms with E-state index in [1.165, 1.54) is 366 Å². The number of nitrogens with zero attached hydrogens (tertiary/aromatic N) is 1. The number of hydrogen-bond acceptors (Lipinski definition) is 8. The summed E-state index contributed by atoms with van der Waals surface area (Å²) in [4.78, 5) is 38.2. The molecule has 0 heterocycles. The van der Waals surface area contributed by atoms with Gasteiger partial charge in [-0.15, -0.1) is 0 Å². The Morgan fingerprint density at radius 3 is 0.851 bits per heavy atom. The van der Waals surface area contributed by atoms with E-state index in [1.54, 1.807) is 0 Å². The van der Waals surface area contributed by atoms with Gasteiger partial charge in [-0.25, -0.2) is 0 Å². The molecular formula is C84H162NO8P. The molecule has 0 aliphatic heterocycles. The van der Waals surface area contributed by atoms with Crippen molar-refractivity contribution in [2.45, 2.75) is 444 Å². The number of likely N-dealkylation sites (N-methyl/N-ethyl adjacent to an activating group) is 1. The van der Waals surface area contributed by atoms with E-state index in [-0.39, 0.29) is 32.0 Å². The topological polar surface area (TPSA) is 111 Å². The summed E-state index contributed by atoms with van der Waals surface area (Å²) < 4.78 is 34.5. The van der Waals surface area contributed by atoms with Gasteiger partial charge in [-0.05, 0) is 70.6 Å². The van der Waals surface area contributed by atoms with Crippen LogP contribution in [0.4, 0.5) is 0 Å². The van der Waals surface area contributed by atoms with Crippen molar-refractivity contribution in [1.82, 2.24) is 0 Å². The molecule has 94 heavy (non-hydrogen) atoms. The van der Waals surface area contributed by atoms with Gasteiger partial charge >= 0.3 is 11.9 Å². The van der Waals surface area contributed by atoms with E-state index in [1.807, 2.05) is 21.1 Å². The molecule has 0 saturated carbocycles. The molecule has 0 fully saturated rings. The summed E-state index contributed by atoms with van der Waals surface area (Å²) in [5.41, 5.74) is 0. The lowest BCUT2D eigenvalue weighted by molar-refractivity contribution is -0.870. The average Bonchev–Trinajstić information content (AvgIpc) is 1.56. The number of carbonyl (C=O) groups is 2. The van der Waals surface area contributed by atoms with Crippen molar-refractivity contribution in [1.29, 1.82) is 0 Å². The summed E-state index contributed by atoms with van der Waals surface area (Å²) in [6.45, 7) is 4.32. The lowest BCUT2D eigenvalue weighted by atomic mass is 10.0. The van der Waals surface area contributed by atoms with Crippen LogP contribution in [0.1, 0.15) is 438 Å². The monoisotopic (exact) mass is 1340 g/mol. The van der Waals surface area contributed by atoms with E-state index in [9.17, 15) is 19.0 Å². The molecule has 0 saturated heterocycles. The molecule has 0 amide bonds. The third kappa shape index (κ3) is 79.2. The predicted molar refractivity (Wildman–Crippen MR) is 407 cm³/mol. The molecule has 0 rings (SSSR count). The molecule has 2 atom stereocenters. The number of phosphoric acid groups is 1. The maximum absolute atomic E-state index is 12.9. The molecule has 0 spiro atoms. The SMILES string of the molecule is CCCCCCC/C=C\C/C=C\CCCCCCCCCCCCCCCCCCCCCCCCCCCCCC(=O)OC(COC(=O)CCCCCCCCCCCCCCCCCCCCC/C=C\CCCCCCCCCC)COP(=O)([O-])OCC[N+](C)(C)C. The Morgan fingerprint density at radius 2 is 0.574 bits per heavy atom. The van der Waals surface area contributed by atoms with E-state index in [2.05, 4.69) is 50.3 Å². The summed E-state index contributed by atoms with van der Waals surface area (Å²) in [6.07, 6.45) is 98.6. The van der Waals surface area contributed by atoms with Crippen molar-refractivity contribution < 1.29 is 42.1 Å². The van der Waals surface area contributed by atoms with Gasteiger partial charge in [0.1, 0.15) is 19.8 Å². The number of quaternary nitrogens is 1. The van der Waals surface area contributed by atoms with Gasteiger partial charge in [-0.3, -0.25) is 14.2 Å². The smallest absolute Gasteiger partial charge is 0.306 e. The van der Waals surface area contributed by atoms with E-state index in [4.69, 9.17) is 18.5 Å². The first-order valence-corrected chi connectivity index (χ1v) is 43.2. The van der Waals surface area contributed by atoms with Crippen LogP contribution in [-0.4, -0.2) is 70.0 Å². The Labute approximate surface area is 586 Å². The molecule has 0 aromatic heterocycles. The highest BCUT2D eigenvalue weighted by molar-refractivity contribution is 7.45. The van der Waals surface area contributed by atoms with Gasteiger partial charge < -0.3 is 27.9 Å². The molecule has 9 nitrogen and oxygen atoms in total. The summed E-state index contributed by atoms with van der Waals surface area (Å²) in [5.74, 6) is -0.805. The summed E-state index contributed by atoms with van der Waals surface area (Å²) in [7, 11) is 1.19. The number of carbonyl (C=O) groups excluding carboxylic acids is 2. The molecule has 0 N–H and O–H groups in total. The Bertz CT molecular complexity index is 1680. The highest BCUT2D eigenvalue weighted by Crippen LogP contribution is 2.38. The zero-order chi connectivity index (χ0) is 68.3.